The van der Waals surface area contributed by atoms with Crippen LogP contribution in [0.2, 0.25) is 0 Å². The zero-order chi connectivity index (χ0) is 14.3. The molecule has 4 nitrogen and oxygen atoms in total. The molecule has 19 heavy (non-hydrogen) atoms. The second-order valence-corrected chi connectivity index (χ2v) is 4.67. The van der Waals surface area contributed by atoms with Gasteiger partial charge in [-0.25, -0.2) is 4.79 Å². The first-order valence-corrected chi connectivity index (χ1v) is 6.33. The smallest absolute Gasteiger partial charge is 0.335 e. The van der Waals surface area contributed by atoms with E-state index in [9.17, 15) is 9.90 Å². The third kappa shape index (κ3) is 5.68. The Morgan fingerprint density at radius 2 is 1.84 bits per heavy atom. The zero-order valence-electron chi connectivity index (χ0n) is 10.9. The van der Waals surface area contributed by atoms with Crippen LogP contribution in [-0.4, -0.2) is 33.5 Å². The molecule has 0 heterocycles. The Balaban J connectivity index is 2.38. The molecule has 3 N–H and O–H groups in total. The molecule has 0 saturated heterocycles. The minimum atomic E-state index is -1.70. The van der Waals surface area contributed by atoms with Gasteiger partial charge in [-0.2, -0.15) is 0 Å². The van der Waals surface area contributed by atoms with E-state index in [1.54, 1.807) is 0 Å². The number of hydrogen-bond acceptors (Lipinski definition) is 3. The van der Waals surface area contributed by atoms with E-state index in [1.165, 1.54) is 0 Å². The Morgan fingerprint density at radius 1 is 1.21 bits per heavy atom. The number of benzene rings is 1. The number of aliphatic hydroxyl groups is 2. The van der Waals surface area contributed by atoms with Gasteiger partial charge in [-0.15, -0.1) is 0 Å². The quantitative estimate of drug-likeness (QED) is 0.703. The highest BCUT2D eigenvalue weighted by Crippen LogP contribution is 2.13. The maximum atomic E-state index is 10.5. The Bertz CT molecular complexity index is 413. The predicted molar refractivity (Wildman–Crippen MR) is 73.5 cm³/mol. The first-order valence-electron chi connectivity index (χ1n) is 6.33. The zero-order valence-corrected chi connectivity index (χ0v) is 10.9. The summed E-state index contributed by atoms with van der Waals surface area (Å²) in [5, 5.41) is 27.2. The summed E-state index contributed by atoms with van der Waals surface area (Å²) in [6.07, 6.45) is 1.96. The summed E-state index contributed by atoms with van der Waals surface area (Å²) in [4.78, 5) is 10.5. The average molecular weight is 264 g/mol. The first kappa shape index (κ1) is 15.4. The highest BCUT2D eigenvalue weighted by molar-refractivity contribution is 5.72. The number of allylic oxidation sites excluding steroid dienone is 1. The van der Waals surface area contributed by atoms with Crippen molar-refractivity contribution in [2.45, 2.75) is 32.0 Å². The van der Waals surface area contributed by atoms with Crippen LogP contribution in [0.3, 0.4) is 0 Å². The largest absolute Gasteiger partial charge is 0.479 e. The van der Waals surface area contributed by atoms with Gasteiger partial charge in [0, 0.05) is 0 Å². The molecular weight excluding hydrogens is 244 g/mol. The van der Waals surface area contributed by atoms with Crippen molar-refractivity contribution in [2.24, 2.45) is 5.92 Å². The van der Waals surface area contributed by atoms with E-state index in [4.69, 9.17) is 10.2 Å². The Morgan fingerprint density at radius 3 is 2.42 bits per heavy atom. The molecule has 0 aliphatic carbocycles. The molecule has 0 aliphatic heterocycles. The normalized spacial score (nSPS) is 16.2. The van der Waals surface area contributed by atoms with Crippen LogP contribution >= 0.6 is 0 Å². The highest BCUT2D eigenvalue weighted by atomic mass is 16.4. The van der Waals surface area contributed by atoms with Crippen LogP contribution in [0.25, 0.3) is 6.08 Å². The molecule has 1 rings (SSSR count). The van der Waals surface area contributed by atoms with Gasteiger partial charge in [0.1, 0.15) is 0 Å². The van der Waals surface area contributed by atoms with Gasteiger partial charge >= 0.3 is 5.97 Å². The highest BCUT2D eigenvalue weighted by Gasteiger charge is 2.23. The van der Waals surface area contributed by atoms with Gasteiger partial charge in [0.15, 0.2) is 6.10 Å². The first-order chi connectivity index (χ1) is 9.00. The van der Waals surface area contributed by atoms with Crippen LogP contribution in [0.5, 0.6) is 0 Å². The van der Waals surface area contributed by atoms with E-state index in [0.717, 1.165) is 5.56 Å². The lowest BCUT2D eigenvalue weighted by Crippen LogP contribution is -2.33. The van der Waals surface area contributed by atoms with Crippen molar-refractivity contribution in [3.8, 4) is 0 Å². The molecule has 1 aromatic carbocycles. The lowest BCUT2D eigenvalue weighted by atomic mass is 9.99. The molecule has 4 heteroatoms. The number of carbonyl (C=O) groups is 1. The summed E-state index contributed by atoms with van der Waals surface area (Å²) in [6.45, 7) is 1.99. The van der Waals surface area contributed by atoms with E-state index in [1.807, 2.05) is 49.4 Å². The SMILES string of the molecule is CC(C=Cc1ccccc1)CCC(O)C(O)C(=O)O. The second-order valence-electron chi connectivity index (χ2n) is 4.67. The molecule has 1 aromatic rings. The van der Waals surface area contributed by atoms with Crippen LogP contribution in [0.15, 0.2) is 36.4 Å². The molecule has 0 aliphatic rings. The molecular formula is C15H20O4. The van der Waals surface area contributed by atoms with Gasteiger partial charge in [0.05, 0.1) is 6.10 Å². The molecule has 0 spiro atoms. The minimum Gasteiger partial charge on any atom is -0.479 e. The Kier molecular flexibility index (Phi) is 6.25. The van der Waals surface area contributed by atoms with E-state index >= 15 is 0 Å². The van der Waals surface area contributed by atoms with Gasteiger partial charge in [-0.3, -0.25) is 0 Å². The van der Waals surface area contributed by atoms with Crippen molar-refractivity contribution in [2.75, 3.05) is 0 Å². The van der Waals surface area contributed by atoms with Crippen molar-refractivity contribution < 1.29 is 20.1 Å². The maximum absolute atomic E-state index is 10.5. The van der Waals surface area contributed by atoms with E-state index < -0.39 is 18.2 Å². The second kappa shape index (κ2) is 7.71. The fraction of sp³-hybridized carbons (Fsp3) is 0.400. The standard InChI is InChI=1S/C15H20O4/c1-11(7-9-12-5-3-2-4-6-12)8-10-13(16)14(17)15(18)19/h2-7,9,11,13-14,16-17H,8,10H2,1H3,(H,18,19). The van der Waals surface area contributed by atoms with Gasteiger partial charge in [-0.1, -0.05) is 49.4 Å². The summed E-state index contributed by atoms with van der Waals surface area (Å²) in [5.74, 6) is -1.18. The van der Waals surface area contributed by atoms with Crippen LogP contribution in [-0.2, 0) is 4.79 Å². The fourth-order valence-corrected chi connectivity index (χ4v) is 1.69. The third-order valence-corrected chi connectivity index (χ3v) is 2.95. The van der Waals surface area contributed by atoms with Crippen molar-refractivity contribution in [1.82, 2.24) is 0 Å². The van der Waals surface area contributed by atoms with Crippen LogP contribution in [0, 0.1) is 5.92 Å². The van der Waals surface area contributed by atoms with Gasteiger partial charge in [0.25, 0.3) is 0 Å². The van der Waals surface area contributed by atoms with Crippen LogP contribution < -0.4 is 0 Å². The molecule has 0 fully saturated rings. The molecule has 0 saturated carbocycles. The monoisotopic (exact) mass is 264 g/mol. The van der Waals surface area contributed by atoms with Crippen LogP contribution in [0.4, 0.5) is 0 Å². The lowest BCUT2D eigenvalue weighted by Gasteiger charge is -2.15. The molecule has 0 bridgehead atoms. The maximum Gasteiger partial charge on any atom is 0.335 e. The number of carboxylic acids is 1. The number of aliphatic carboxylic acids is 1. The molecule has 104 valence electrons. The van der Waals surface area contributed by atoms with Crippen molar-refractivity contribution >= 4 is 12.0 Å². The molecule has 0 radical (unpaired) electrons. The number of rotatable bonds is 7. The summed E-state index contributed by atoms with van der Waals surface area (Å²) < 4.78 is 0. The van der Waals surface area contributed by atoms with Gasteiger partial charge < -0.3 is 15.3 Å². The molecule has 0 aromatic heterocycles. The van der Waals surface area contributed by atoms with E-state index in [-0.39, 0.29) is 12.3 Å². The molecule has 0 amide bonds. The number of carboxylic acid groups (broad SMARTS) is 1. The number of aliphatic hydroxyl groups excluding tert-OH is 2. The van der Waals surface area contributed by atoms with Crippen molar-refractivity contribution in [3.05, 3.63) is 42.0 Å². The van der Waals surface area contributed by atoms with Crippen molar-refractivity contribution in [1.29, 1.82) is 0 Å². The van der Waals surface area contributed by atoms with Crippen LogP contribution in [0.1, 0.15) is 25.3 Å². The van der Waals surface area contributed by atoms with Crippen molar-refractivity contribution in [3.63, 3.8) is 0 Å². The molecule has 3 unspecified atom stereocenters. The summed E-state index contributed by atoms with van der Waals surface area (Å²) >= 11 is 0. The van der Waals surface area contributed by atoms with E-state index in [0.29, 0.717) is 6.42 Å². The average Bonchev–Trinajstić information content (AvgIpc) is 2.42. The van der Waals surface area contributed by atoms with Gasteiger partial charge in [-0.05, 0) is 24.3 Å². The lowest BCUT2D eigenvalue weighted by molar-refractivity contribution is -0.153. The summed E-state index contributed by atoms with van der Waals surface area (Å²) in [6, 6.07) is 9.84. The Hall–Kier alpha value is -1.65. The predicted octanol–water partition coefficient (Wildman–Crippen LogP) is 1.92. The summed E-state index contributed by atoms with van der Waals surface area (Å²) in [5.41, 5.74) is 1.10. The Labute approximate surface area is 113 Å². The van der Waals surface area contributed by atoms with E-state index in [2.05, 4.69) is 0 Å². The third-order valence-electron chi connectivity index (χ3n) is 2.95. The minimum absolute atomic E-state index is 0.204. The summed E-state index contributed by atoms with van der Waals surface area (Å²) in [7, 11) is 0. The van der Waals surface area contributed by atoms with Gasteiger partial charge in [0.2, 0.25) is 0 Å². The number of hydrogen-bond donors (Lipinski definition) is 3. The molecule has 3 atom stereocenters. The topological polar surface area (TPSA) is 77.8 Å². The fourth-order valence-electron chi connectivity index (χ4n) is 1.69.